The molecule has 0 aromatic carbocycles. The molecule has 0 spiro atoms. The molecule has 2 rings (SSSR count). The monoisotopic (exact) mass is 229 g/mol. The number of carbonyl (C=O) groups is 1. The van der Waals surface area contributed by atoms with Crippen molar-refractivity contribution in [3.05, 3.63) is 16.5 Å². The summed E-state index contributed by atoms with van der Waals surface area (Å²) in [6, 6.07) is 0. The fourth-order valence-electron chi connectivity index (χ4n) is 2.12. The Morgan fingerprint density at radius 3 is 2.67 bits per heavy atom. The average molecular weight is 230 g/mol. The summed E-state index contributed by atoms with van der Waals surface area (Å²) in [5.74, 6) is -0.432. The second-order valence-electron chi connectivity index (χ2n) is 3.85. The standard InChI is InChI=1S/C10H12ClNO3/c11-9-7(10(13)14)8(15-12-9)6-4-2-1-3-5-6/h6H,1-5H2,(H,13,14). The van der Waals surface area contributed by atoms with E-state index < -0.39 is 5.97 Å². The fourth-order valence-corrected chi connectivity index (χ4v) is 2.33. The molecule has 1 aliphatic carbocycles. The maximum absolute atomic E-state index is 11.0. The Morgan fingerprint density at radius 1 is 1.40 bits per heavy atom. The van der Waals surface area contributed by atoms with Crippen LogP contribution in [0, 0.1) is 0 Å². The maximum Gasteiger partial charge on any atom is 0.342 e. The number of halogens is 1. The van der Waals surface area contributed by atoms with E-state index in [9.17, 15) is 4.79 Å². The van der Waals surface area contributed by atoms with Crippen molar-refractivity contribution in [2.75, 3.05) is 0 Å². The Hall–Kier alpha value is -1.03. The molecule has 0 radical (unpaired) electrons. The smallest absolute Gasteiger partial charge is 0.342 e. The van der Waals surface area contributed by atoms with Crippen molar-refractivity contribution < 1.29 is 14.4 Å². The number of hydrogen-bond donors (Lipinski definition) is 1. The largest absolute Gasteiger partial charge is 0.477 e. The van der Waals surface area contributed by atoms with Crippen LogP contribution in [0.15, 0.2) is 4.52 Å². The van der Waals surface area contributed by atoms with E-state index in [1.54, 1.807) is 0 Å². The van der Waals surface area contributed by atoms with Crippen molar-refractivity contribution in [3.8, 4) is 0 Å². The highest BCUT2D eigenvalue weighted by molar-refractivity contribution is 6.32. The Labute approximate surface area is 92.2 Å². The number of hydrogen-bond acceptors (Lipinski definition) is 3. The molecule has 1 aromatic rings. The van der Waals surface area contributed by atoms with E-state index in [4.69, 9.17) is 21.2 Å². The molecule has 1 aliphatic rings. The summed E-state index contributed by atoms with van der Waals surface area (Å²) in [7, 11) is 0. The summed E-state index contributed by atoms with van der Waals surface area (Å²) in [5.41, 5.74) is 0.0450. The molecule has 15 heavy (non-hydrogen) atoms. The maximum atomic E-state index is 11.0. The fraction of sp³-hybridized carbons (Fsp3) is 0.600. The molecule has 5 heteroatoms. The van der Waals surface area contributed by atoms with Gasteiger partial charge in [-0.25, -0.2) is 4.79 Å². The Balaban J connectivity index is 2.30. The number of carboxylic acids is 1. The zero-order valence-corrected chi connectivity index (χ0v) is 8.96. The molecule has 0 unspecified atom stereocenters. The van der Waals surface area contributed by atoms with Crippen molar-refractivity contribution >= 4 is 17.6 Å². The lowest BCUT2D eigenvalue weighted by atomic mass is 9.86. The third kappa shape index (κ3) is 2.00. The number of carboxylic acid groups (broad SMARTS) is 1. The van der Waals surface area contributed by atoms with Gasteiger partial charge in [-0.05, 0) is 12.8 Å². The Bertz CT molecular complexity index is 369. The van der Waals surface area contributed by atoms with E-state index in [0.717, 1.165) is 25.7 Å². The molecule has 0 bridgehead atoms. The van der Waals surface area contributed by atoms with Gasteiger partial charge in [-0.3, -0.25) is 0 Å². The van der Waals surface area contributed by atoms with Crippen LogP contribution in [0.4, 0.5) is 0 Å². The molecule has 0 saturated heterocycles. The lowest BCUT2D eigenvalue weighted by Crippen LogP contribution is -2.08. The number of nitrogens with zero attached hydrogens (tertiary/aromatic N) is 1. The lowest BCUT2D eigenvalue weighted by molar-refractivity contribution is 0.0693. The highest BCUT2D eigenvalue weighted by Crippen LogP contribution is 2.36. The molecule has 0 aliphatic heterocycles. The van der Waals surface area contributed by atoms with Crippen LogP contribution >= 0.6 is 11.6 Å². The summed E-state index contributed by atoms with van der Waals surface area (Å²) in [6.07, 6.45) is 5.36. The van der Waals surface area contributed by atoms with E-state index in [1.807, 2.05) is 0 Å². The van der Waals surface area contributed by atoms with Crippen molar-refractivity contribution in [1.82, 2.24) is 5.16 Å². The van der Waals surface area contributed by atoms with Crippen molar-refractivity contribution in [2.45, 2.75) is 38.0 Å². The van der Waals surface area contributed by atoms with Crippen LogP contribution in [0.25, 0.3) is 0 Å². The molecule has 1 heterocycles. The summed E-state index contributed by atoms with van der Waals surface area (Å²) in [5, 5.41) is 12.5. The van der Waals surface area contributed by atoms with Gasteiger partial charge in [0.15, 0.2) is 10.9 Å². The van der Waals surface area contributed by atoms with Crippen molar-refractivity contribution in [2.24, 2.45) is 0 Å². The molecule has 0 atom stereocenters. The molecule has 0 amide bonds. The van der Waals surface area contributed by atoms with Crippen LogP contribution in [0.2, 0.25) is 5.15 Å². The number of aromatic nitrogens is 1. The lowest BCUT2D eigenvalue weighted by Gasteiger charge is -2.19. The highest BCUT2D eigenvalue weighted by atomic mass is 35.5. The minimum Gasteiger partial charge on any atom is -0.477 e. The molecule has 1 saturated carbocycles. The number of rotatable bonds is 2. The first-order valence-electron chi connectivity index (χ1n) is 5.08. The van der Waals surface area contributed by atoms with Crippen molar-refractivity contribution in [1.29, 1.82) is 0 Å². The minimum absolute atomic E-state index is 0.0388. The zero-order valence-electron chi connectivity index (χ0n) is 8.20. The average Bonchev–Trinajstić information content (AvgIpc) is 2.61. The summed E-state index contributed by atoms with van der Waals surface area (Å²) < 4.78 is 5.03. The SMILES string of the molecule is O=C(O)c1c(Cl)noc1C1CCCCC1. The van der Waals surface area contributed by atoms with E-state index >= 15 is 0 Å². The van der Waals surface area contributed by atoms with Crippen LogP contribution in [-0.4, -0.2) is 16.2 Å². The zero-order chi connectivity index (χ0) is 10.8. The van der Waals surface area contributed by atoms with E-state index in [0.29, 0.717) is 5.76 Å². The highest BCUT2D eigenvalue weighted by Gasteiger charge is 2.28. The van der Waals surface area contributed by atoms with E-state index in [2.05, 4.69) is 5.16 Å². The van der Waals surface area contributed by atoms with Crippen molar-refractivity contribution in [3.63, 3.8) is 0 Å². The first-order chi connectivity index (χ1) is 7.20. The van der Waals surface area contributed by atoms with Gasteiger partial charge >= 0.3 is 5.97 Å². The van der Waals surface area contributed by atoms with E-state index in [1.165, 1.54) is 6.42 Å². The molecular formula is C10H12ClNO3. The molecule has 1 N–H and O–H groups in total. The van der Waals surface area contributed by atoms with Gasteiger partial charge in [-0.15, -0.1) is 0 Å². The summed E-state index contributed by atoms with van der Waals surface area (Å²) >= 11 is 5.67. The third-order valence-corrected chi connectivity index (χ3v) is 3.12. The third-order valence-electron chi connectivity index (χ3n) is 2.87. The molecule has 82 valence electrons. The van der Waals surface area contributed by atoms with Gasteiger partial charge < -0.3 is 9.63 Å². The predicted octanol–water partition coefficient (Wildman–Crippen LogP) is 3.07. The Morgan fingerprint density at radius 2 is 2.07 bits per heavy atom. The van der Waals surface area contributed by atoms with Crippen LogP contribution in [0.1, 0.15) is 54.1 Å². The molecule has 1 aromatic heterocycles. The van der Waals surface area contributed by atoms with Crippen LogP contribution < -0.4 is 0 Å². The summed E-state index contributed by atoms with van der Waals surface area (Å²) in [6.45, 7) is 0. The van der Waals surface area contributed by atoms with E-state index in [-0.39, 0.29) is 16.6 Å². The minimum atomic E-state index is -1.05. The molecule has 4 nitrogen and oxygen atoms in total. The second-order valence-corrected chi connectivity index (χ2v) is 4.21. The van der Waals surface area contributed by atoms with Gasteiger partial charge in [0, 0.05) is 5.92 Å². The van der Waals surface area contributed by atoms with Gasteiger partial charge in [0.2, 0.25) is 0 Å². The Kier molecular flexibility index (Phi) is 2.95. The van der Waals surface area contributed by atoms with Gasteiger partial charge in [0.05, 0.1) is 0 Å². The predicted molar refractivity (Wildman–Crippen MR) is 54.3 cm³/mol. The molecular weight excluding hydrogens is 218 g/mol. The second kappa shape index (κ2) is 4.23. The van der Waals surface area contributed by atoms with Crippen LogP contribution in [0.5, 0.6) is 0 Å². The topological polar surface area (TPSA) is 63.3 Å². The van der Waals surface area contributed by atoms with Gasteiger partial charge in [0.25, 0.3) is 0 Å². The first-order valence-corrected chi connectivity index (χ1v) is 5.46. The summed E-state index contributed by atoms with van der Waals surface area (Å²) in [4.78, 5) is 11.0. The van der Waals surface area contributed by atoms with Crippen LogP contribution in [-0.2, 0) is 0 Å². The quantitative estimate of drug-likeness (QED) is 0.847. The van der Waals surface area contributed by atoms with Crippen LogP contribution in [0.3, 0.4) is 0 Å². The first kappa shape index (κ1) is 10.5. The molecule has 1 fully saturated rings. The number of aromatic carboxylic acids is 1. The van der Waals surface area contributed by atoms with Gasteiger partial charge in [0.1, 0.15) is 5.56 Å². The van der Waals surface area contributed by atoms with Gasteiger partial charge in [-0.1, -0.05) is 36.0 Å². The normalized spacial score (nSPS) is 17.9. The van der Waals surface area contributed by atoms with Gasteiger partial charge in [-0.2, -0.15) is 0 Å².